The van der Waals surface area contributed by atoms with Gasteiger partial charge in [0.2, 0.25) is 0 Å². The molecule has 0 saturated heterocycles. The predicted octanol–water partition coefficient (Wildman–Crippen LogP) is 6.27. The summed E-state index contributed by atoms with van der Waals surface area (Å²) < 4.78 is 15.1. The monoisotopic (exact) mass is 412 g/mol. The Morgan fingerprint density at radius 2 is 1.67 bits per heavy atom. The lowest BCUT2D eigenvalue weighted by Crippen LogP contribution is -2.11. The SMILES string of the molecule is CCc1cc(CCCC(CO)CO)ccc1-c1ccc(C2CCC(C)CC2)cc1F. The fourth-order valence-electron chi connectivity index (χ4n) is 4.79. The molecule has 0 radical (unpaired) electrons. The molecule has 2 aromatic rings. The third kappa shape index (κ3) is 5.70. The molecule has 1 aliphatic rings. The van der Waals surface area contributed by atoms with E-state index in [0.29, 0.717) is 11.5 Å². The van der Waals surface area contributed by atoms with Crippen LogP contribution in [-0.2, 0) is 12.8 Å². The topological polar surface area (TPSA) is 40.5 Å². The van der Waals surface area contributed by atoms with Gasteiger partial charge in [0.15, 0.2) is 0 Å². The zero-order valence-corrected chi connectivity index (χ0v) is 18.5. The van der Waals surface area contributed by atoms with Gasteiger partial charge in [0.1, 0.15) is 5.82 Å². The average Bonchev–Trinajstić information content (AvgIpc) is 2.77. The van der Waals surface area contributed by atoms with Gasteiger partial charge in [-0.15, -0.1) is 0 Å². The second-order valence-corrected chi connectivity index (χ2v) is 9.16. The number of hydrogen-bond donors (Lipinski definition) is 2. The molecule has 3 rings (SSSR count). The largest absolute Gasteiger partial charge is 0.396 e. The molecular formula is C27H37FO2. The van der Waals surface area contributed by atoms with Crippen LogP contribution in [0.5, 0.6) is 0 Å². The second kappa shape index (κ2) is 11.1. The Balaban J connectivity index is 1.73. The van der Waals surface area contributed by atoms with Crippen LogP contribution in [-0.4, -0.2) is 23.4 Å². The molecule has 1 fully saturated rings. The van der Waals surface area contributed by atoms with E-state index in [1.807, 2.05) is 6.07 Å². The first-order valence-corrected chi connectivity index (χ1v) is 11.7. The van der Waals surface area contributed by atoms with Gasteiger partial charge in [-0.3, -0.25) is 0 Å². The molecule has 0 bridgehead atoms. The highest BCUT2D eigenvalue weighted by molar-refractivity contribution is 5.69. The lowest BCUT2D eigenvalue weighted by atomic mass is 9.79. The number of benzene rings is 2. The van der Waals surface area contributed by atoms with E-state index in [1.54, 1.807) is 6.07 Å². The van der Waals surface area contributed by atoms with Crippen molar-refractivity contribution in [3.8, 4) is 11.1 Å². The number of rotatable bonds is 9. The molecule has 3 heteroatoms. The Morgan fingerprint density at radius 1 is 0.967 bits per heavy atom. The molecule has 0 aromatic heterocycles. The molecule has 2 aromatic carbocycles. The number of hydrogen-bond acceptors (Lipinski definition) is 2. The van der Waals surface area contributed by atoms with Crippen molar-refractivity contribution in [2.45, 2.75) is 71.1 Å². The van der Waals surface area contributed by atoms with E-state index in [9.17, 15) is 10.2 Å². The van der Waals surface area contributed by atoms with Crippen LogP contribution < -0.4 is 0 Å². The maximum absolute atomic E-state index is 15.1. The molecule has 0 heterocycles. The molecule has 0 aliphatic heterocycles. The van der Waals surface area contributed by atoms with Crippen molar-refractivity contribution in [3.05, 3.63) is 58.9 Å². The number of aryl methyl sites for hydroxylation is 2. The summed E-state index contributed by atoms with van der Waals surface area (Å²) in [6, 6.07) is 12.2. The van der Waals surface area contributed by atoms with Gasteiger partial charge in [-0.2, -0.15) is 0 Å². The lowest BCUT2D eigenvalue weighted by Gasteiger charge is -2.26. The highest BCUT2D eigenvalue weighted by Crippen LogP contribution is 2.37. The van der Waals surface area contributed by atoms with E-state index < -0.39 is 0 Å². The molecule has 30 heavy (non-hydrogen) atoms. The summed E-state index contributed by atoms with van der Waals surface area (Å²) in [6.07, 6.45) is 8.33. The maximum atomic E-state index is 15.1. The van der Waals surface area contributed by atoms with Gasteiger partial charge in [0, 0.05) is 24.7 Å². The van der Waals surface area contributed by atoms with Gasteiger partial charge in [0.25, 0.3) is 0 Å². The minimum atomic E-state index is -0.109. The Labute approximate surface area is 181 Å². The first kappa shape index (κ1) is 23.0. The minimum Gasteiger partial charge on any atom is -0.396 e. The van der Waals surface area contributed by atoms with Crippen LogP contribution in [0.2, 0.25) is 0 Å². The Bertz CT molecular complexity index is 805. The predicted molar refractivity (Wildman–Crippen MR) is 122 cm³/mol. The summed E-state index contributed by atoms with van der Waals surface area (Å²) >= 11 is 0. The number of aliphatic hydroxyl groups is 2. The van der Waals surface area contributed by atoms with E-state index in [2.05, 4.69) is 38.1 Å². The lowest BCUT2D eigenvalue weighted by molar-refractivity contribution is 0.142. The fourth-order valence-corrected chi connectivity index (χ4v) is 4.79. The Morgan fingerprint density at radius 3 is 2.30 bits per heavy atom. The summed E-state index contributed by atoms with van der Waals surface area (Å²) in [5.74, 6) is 1.16. The molecule has 0 amide bonds. The third-order valence-electron chi connectivity index (χ3n) is 6.92. The van der Waals surface area contributed by atoms with Crippen LogP contribution >= 0.6 is 0 Å². The summed E-state index contributed by atoms with van der Waals surface area (Å²) in [5, 5.41) is 18.4. The van der Waals surface area contributed by atoms with E-state index >= 15 is 4.39 Å². The van der Waals surface area contributed by atoms with E-state index in [1.165, 1.54) is 36.8 Å². The highest BCUT2D eigenvalue weighted by atomic mass is 19.1. The van der Waals surface area contributed by atoms with Crippen molar-refractivity contribution >= 4 is 0 Å². The van der Waals surface area contributed by atoms with Crippen molar-refractivity contribution < 1.29 is 14.6 Å². The molecule has 0 unspecified atom stereocenters. The molecule has 0 atom stereocenters. The van der Waals surface area contributed by atoms with Crippen LogP contribution in [0.15, 0.2) is 36.4 Å². The van der Waals surface area contributed by atoms with Crippen LogP contribution in [0.3, 0.4) is 0 Å². The summed E-state index contributed by atoms with van der Waals surface area (Å²) in [5.41, 5.74) is 5.25. The van der Waals surface area contributed by atoms with Crippen molar-refractivity contribution in [3.63, 3.8) is 0 Å². The van der Waals surface area contributed by atoms with Crippen LogP contribution in [0, 0.1) is 17.7 Å². The van der Waals surface area contributed by atoms with E-state index in [0.717, 1.165) is 42.7 Å². The first-order valence-electron chi connectivity index (χ1n) is 11.7. The van der Waals surface area contributed by atoms with Gasteiger partial charge in [-0.25, -0.2) is 4.39 Å². The van der Waals surface area contributed by atoms with Crippen LogP contribution in [0.1, 0.15) is 75.0 Å². The zero-order valence-electron chi connectivity index (χ0n) is 18.5. The van der Waals surface area contributed by atoms with Gasteiger partial charge >= 0.3 is 0 Å². The van der Waals surface area contributed by atoms with Gasteiger partial charge in [-0.05, 0) is 78.7 Å². The molecule has 1 saturated carbocycles. The second-order valence-electron chi connectivity index (χ2n) is 9.16. The highest BCUT2D eigenvalue weighted by Gasteiger charge is 2.21. The van der Waals surface area contributed by atoms with Crippen molar-refractivity contribution in [2.75, 3.05) is 13.2 Å². The fraction of sp³-hybridized carbons (Fsp3) is 0.556. The molecule has 2 N–H and O–H groups in total. The van der Waals surface area contributed by atoms with E-state index in [4.69, 9.17) is 0 Å². The summed E-state index contributed by atoms with van der Waals surface area (Å²) in [4.78, 5) is 0. The normalized spacial score (nSPS) is 19.4. The van der Waals surface area contributed by atoms with Crippen molar-refractivity contribution in [1.29, 1.82) is 0 Å². The van der Waals surface area contributed by atoms with Gasteiger partial charge < -0.3 is 10.2 Å². The van der Waals surface area contributed by atoms with Gasteiger partial charge in [-0.1, -0.05) is 57.0 Å². The van der Waals surface area contributed by atoms with Crippen molar-refractivity contribution in [2.24, 2.45) is 11.8 Å². The summed E-state index contributed by atoms with van der Waals surface area (Å²) in [6.45, 7) is 4.49. The third-order valence-corrected chi connectivity index (χ3v) is 6.92. The number of aliphatic hydroxyl groups excluding tert-OH is 2. The Hall–Kier alpha value is -1.71. The molecule has 0 spiro atoms. The molecule has 164 valence electrons. The summed E-state index contributed by atoms with van der Waals surface area (Å²) in [7, 11) is 0. The first-order chi connectivity index (χ1) is 14.5. The van der Waals surface area contributed by atoms with Gasteiger partial charge in [0.05, 0.1) is 0 Å². The maximum Gasteiger partial charge on any atom is 0.131 e. The minimum absolute atomic E-state index is 0.0325. The Kier molecular flexibility index (Phi) is 8.47. The number of halogens is 1. The molecule has 1 aliphatic carbocycles. The average molecular weight is 413 g/mol. The van der Waals surface area contributed by atoms with Crippen molar-refractivity contribution in [1.82, 2.24) is 0 Å². The quantitative estimate of drug-likeness (QED) is 0.509. The van der Waals surface area contributed by atoms with Crippen LogP contribution in [0.25, 0.3) is 11.1 Å². The van der Waals surface area contributed by atoms with E-state index in [-0.39, 0.29) is 24.9 Å². The van der Waals surface area contributed by atoms with Crippen LogP contribution in [0.4, 0.5) is 4.39 Å². The molecular weight excluding hydrogens is 375 g/mol. The molecule has 2 nitrogen and oxygen atoms in total. The standard InChI is InChI=1S/C27H37FO2/c1-3-22-15-20(5-4-6-21(17-29)18-30)9-13-25(22)26-14-12-24(16-27(26)28)23-10-7-19(2)8-11-23/h9,12-16,19,21,23,29-30H,3-8,10-11,17-18H2,1-2H3. The smallest absolute Gasteiger partial charge is 0.131 e. The zero-order chi connectivity index (χ0) is 21.5.